The second-order valence-electron chi connectivity index (χ2n) is 3.42. The molecule has 2 heterocycles. The Labute approximate surface area is 103 Å². The third-order valence-corrected chi connectivity index (χ3v) is 4.52. The first-order valence-electron chi connectivity index (χ1n) is 4.89. The van der Waals surface area contributed by atoms with Crippen molar-refractivity contribution in [3.8, 4) is 5.75 Å². The third-order valence-electron chi connectivity index (χ3n) is 2.47. The van der Waals surface area contributed by atoms with E-state index in [1.165, 1.54) is 10.4 Å². The summed E-state index contributed by atoms with van der Waals surface area (Å²) >= 11 is 3.36. The Hall–Kier alpha value is -0.880. The number of methoxy groups -OCH3 is 1. The Bertz CT molecular complexity index is 464. The normalized spacial score (nSPS) is 12.7. The van der Waals surface area contributed by atoms with Crippen molar-refractivity contribution in [3.05, 3.63) is 38.2 Å². The molecule has 0 aliphatic rings. The lowest BCUT2D eigenvalue weighted by molar-refractivity contribution is 0.408. The second-order valence-corrected chi connectivity index (χ2v) is 5.32. The summed E-state index contributed by atoms with van der Waals surface area (Å²) in [7, 11) is 1.68. The average molecular weight is 254 g/mol. The number of hydrazine groups is 1. The molecule has 3 nitrogen and oxygen atoms in total. The number of aryl methyl sites for hydroxylation is 1. The largest absolute Gasteiger partial charge is 0.496 e. The summed E-state index contributed by atoms with van der Waals surface area (Å²) in [5.41, 5.74) is 4.12. The van der Waals surface area contributed by atoms with Gasteiger partial charge in [0.25, 0.3) is 0 Å². The molecule has 0 saturated heterocycles. The molecule has 1 atom stereocenters. The van der Waals surface area contributed by atoms with Gasteiger partial charge in [-0.3, -0.25) is 5.84 Å². The van der Waals surface area contributed by atoms with E-state index in [9.17, 15) is 0 Å². The van der Waals surface area contributed by atoms with Crippen LogP contribution in [0.25, 0.3) is 0 Å². The number of nitrogens with two attached hydrogens (primary N) is 1. The number of hydrogen-bond donors (Lipinski definition) is 2. The number of ether oxygens (including phenoxy) is 1. The van der Waals surface area contributed by atoms with E-state index in [0.717, 1.165) is 10.6 Å². The zero-order valence-corrected chi connectivity index (χ0v) is 10.8. The van der Waals surface area contributed by atoms with Crippen LogP contribution < -0.4 is 16.0 Å². The SMILES string of the molecule is COc1ccsc1C(NN)c1sccc1C. The van der Waals surface area contributed by atoms with Gasteiger partial charge in [-0.1, -0.05) is 0 Å². The zero-order valence-electron chi connectivity index (χ0n) is 9.19. The Morgan fingerprint density at radius 2 is 1.94 bits per heavy atom. The maximum Gasteiger partial charge on any atom is 0.134 e. The Morgan fingerprint density at radius 3 is 2.50 bits per heavy atom. The van der Waals surface area contributed by atoms with E-state index in [2.05, 4.69) is 23.8 Å². The van der Waals surface area contributed by atoms with Crippen LogP contribution in [0.1, 0.15) is 21.4 Å². The molecule has 2 aromatic rings. The maximum absolute atomic E-state index is 5.66. The van der Waals surface area contributed by atoms with Crippen molar-refractivity contribution in [2.75, 3.05) is 7.11 Å². The molecule has 0 radical (unpaired) electrons. The summed E-state index contributed by atoms with van der Waals surface area (Å²) in [6.07, 6.45) is 0. The topological polar surface area (TPSA) is 47.3 Å². The smallest absolute Gasteiger partial charge is 0.134 e. The van der Waals surface area contributed by atoms with E-state index >= 15 is 0 Å². The molecular weight excluding hydrogens is 240 g/mol. The van der Waals surface area contributed by atoms with Crippen LogP contribution in [-0.4, -0.2) is 7.11 Å². The lowest BCUT2D eigenvalue weighted by Crippen LogP contribution is -2.28. The highest BCUT2D eigenvalue weighted by Gasteiger charge is 2.20. The van der Waals surface area contributed by atoms with Gasteiger partial charge in [0.2, 0.25) is 0 Å². The van der Waals surface area contributed by atoms with Gasteiger partial charge < -0.3 is 4.74 Å². The molecular formula is C11H14N2OS2. The van der Waals surface area contributed by atoms with Crippen molar-refractivity contribution >= 4 is 22.7 Å². The van der Waals surface area contributed by atoms with Crippen LogP contribution in [0.5, 0.6) is 5.75 Å². The van der Waals surface area contributed by atoms with Crippen molar-refractivity contribution in [3.63, 3.8) is 0 Å². The fraction of sp³-hybridized carbons (Fsp3) is 0.273. The molecule has 0 aromatic carbocycles. The summed E-state index contributed by atoms with van der Waals surface area (Å²) < 4.78 is 5.33. The van der Waals surface area contributed by atoms with Crippen LogP contribution >= 0.6 is 22.7 Å². The van der Waals surface area contributed by atoms with Gasteiger partial charge in [0.15, 0.2) is 0 Å². The lowest BCUT2D eigenvalue weighted by Gasteiger charge is -2.15. The van der Waals surface area contributed by atoms with Crippen molar-refractivity contribution in [1.82, 2.24) is 5.43 Å². The van der Waals surface area contributed by atoms with Gasteiger partial charge in [0.05, 0.1) is 18.0 Å². The van der Waals surface area contributed by atoms with Gasteiger partial charge in [-0.05, 0) is 35.4 Å². The van der Waals surface area contributed by atoms with E-state index in [-0.39, 0.29) is 6.04 Å². The van der Waals surface area contributed by atoms with E-state index in [1.807, 2.05) is 11.4 Å². The minimum absolute atomic E-state index is 0.0231. The van der Waals surface area contributed by atoms with Crippen LogP contribution in [0.3, 0.4) is 0 Å². The maximum atomic E-state index is 5.66. The van der Waals surface area contributed by atoms with Crippen LogP contribution in [-0.2, 0) is 0 Å². The van der Waals surface area contributed by atoms with Gasteiger partial charge in [-0.2, -0.15) is 0 Å². The predicted octanol–water partition coefficient (Wildman–Crippen LogP) is 2.68. The highest BCUT2D eigenvalue weighted by atomic mass is 32.1. The van der Waals surface area contributed by atoms with Crippen molar-refractivity contribution in [2.24, 2.45) is 5.84 Å². The molecule has 0 aliphatic carbocycles. The predicted molar refractivity (Wildman–Crippen MR) is 69.1 cm³/mol. The van der Waals surface area contributed by atoms with Crippen molar-refractivity contribution in [1.29, 1.82) is 0 Å². The fourth-order valence-corrected chi connectivity index (χ4v) is 3.64. The quantitative estimate of drug-likeness (QED) is 0.651. The molecule has 0 spiro atoms. The Morgan fingerprint density at radius 1 is 1.25 bits per heavy atom. The molecule has 2 aromatic heterocycles. The number of nitrogens with one attached hydrogen (secondary N) is 1. The molecule has 0 aliphatic heterocycles. The summed E-state index contributed by atoms with van der Waals surface area (Å²) in [6.45, 7) is 2.09. The number of rotatable bonds is 4. The summed E-state index contributed by atoms with van der Waals surface area (Å²) in [4.78, 5) is 2.36. The highest BCUT2D eigenvalue weighted by molar-refractivity contribution is 7.12. The van der Waals surface area contributed by atoms with Crippen LogP contribution in [0.15, 0.2) is 22.9 Å². The van der Waals surface area contributed by atoms with Gasteiger partial charge >= 0.3 is 0 Å². The van der Waals surface area contributed by atoms with Gasteiger partial charge in [0.1, 0.15) is 5.75 Å². The van der Waals surface area contributed by atoms with E-state index in [4.69, 9.17) is 10.6 Å². The monoisotopic (exact) mass is 254 g/mol. The molecule has 1 unspecified atom stereocenters. The number of hydrogen-bond acceptors (Lipinski definition) is 5. The second kappa shape index (κ2) is 4.97. The Kier molecular flexibility index (Phi) is 3.60. The van der Waals surface area contributed by atoms with E-state index in [1.54, 1.807) is 29.8 Å². The molecule has 0 saturated carbocycles. The summed E-state index contributed by atoms with van der Waals surface area (Å²) in [5, 5.41) is 4.09. The first-order valence-corrected chi connectivity index (χ1v) is 6.65. The fourth-order valence-electron chi connectivity index (χ4n) is 1.64. The molecule has 5 heteroatoms. The molecule has 16 heavy (non-hydrogen) atoms. The molecule has 0 bridgehead atoms. The van der Waals surface area contributed by atoms with Gasteiger partial charge in [-0.25, -0.2) is 5.43 Å². The highest BCUT2D eigenvalue weighted by Crippen LogP contribution is 2.37. The molecule has 3 N–H and O–H groups in total. The Balaban J connectivity index is 2.40. The molecule has 2 rings (SSSR count). The lowest BCUT2D eigenvalue weighted by atomic mass is 10.1. The summed E-state index contributed by atoms with van der Waals surface area (Å²) in [5.74, 6) is 6.55. The van der Waals surface area contributed by atoms with Crippen molar-refractivity contribution in [2.45, 2.75) is 13.0 Å². The standard InChI is InChI=1S/C11H14N2OS2/c1-7-3-5-15-10(7)9(13-12)11-8(14-2)4-6-16-11/h3-6,9,13H,12H2,1-2H3. The van der Waals surface area contributed by atoms with Crippen LogP contribution in [0.2, 0.25) is 0 Å². The summed E-state index contributed by atoms with van der Waals surface area (Å²) in [6, 6.07) is 4.09. The zero-order chi connectivity index (χ0) is 11.5. The average Bonchev–Trinajstić information content (AvgIpc) is 2.90. The number of thiophene rings is 2. The van der Waals surface area contributed by atoms with Gasteiger partial charge in [-0.15, -0.1) is 22.7 Å². The minimum Gasteiger partial charge on any atom is -0.496 e. The first kappa shape index (κ1) is 11.6. The van der Waals surface area contributed by atoms with Crippen LogP contribution in [0, 0.1) is 6.92 Å². The molecule has 86 valence electrons. The third kappa shape index (κ3) is 1.99. The minimum atomic E-state index is 0.0231. The first-order chi connectivity index (χ1) is 7.77. The van der Waals surface area contributed by atoms with E-state index in [0.29, 0.717) is 0 Å². The van der Waals surface area contributed by atoms with Crippen LogP contribution in [0.4, 0.5) is 0 Å². The van der Waals surface area contributed by atoms with E-state index < -0.39 is 0 Å². The van der Waals surface area contributed by atoms with Gasteiger partial charge in [0, 0.05) is 4.88 Å². The van der Waals surface area contributed by atoms with Crippen molar-refractivity contribution < 1.29 is 4.74 Å². The molecule has 0 fully saturated rings. The molecule has 0 amide bonds.